The fourth-order valence-corrected chi connectivity index (χ4v) is 6.89. The number of hydrogen-bond acceptors (Lipinski definition) is 7. The van der Waals surface area contributed by atoms with Crippen LogP contribution in [0.1, 0.15) is 12.8 Å². The normalized spacial score (nSPS) is 17.4. The number of halogens is 3. The third kappa shape index (κ3) is 4.34. The van der Waals surface area contributed by atoms with Crippen LogP contribution >= 0.6 is 46.1 Å². The lowest BCUT2D eigenvalue weighted by atomic mass is 10.2. The van der Waals surface area contributed by atoms with Gasteiger partial charge in [-0.15, -0.1) is 16.4 Å². The molecule has 1 unspecified atom stereocenters. The van der Waals surface area contributed by atoms with E-state index in [1.807, 2.05) is 0 Å². The van der Waals surface area contributed by atoms with Crippen molar-refractivity contribution in [3.05, 3.63) is 44.7 Å². The van der Waals surface area contributed by atoms with Crippen molar-refractivity contribution < 1.29 is 17.6 Å². The minimum atomic E-state index is -3.84. The molecule has 8 nitrogen and oxygen atoms in total. The highest BCUT2D eigenvalue weighted by Gasteiger charge is 2.40. The van der Waals surface area contributed by atoms with Crippen LogP contribution < -0.4 is 5.32 Å². The van der Waals surface area contributed by atoms with Crippen molar-refractivity contribution in [1.29, 1.82) is 0 Å². The molecule has 1 atom stereocenters. The number of nitrogens with zero attached hydrogens (tertiary/aromatic N) is 3. The van der Waals surface area contributed by atoms with E-state index in [4.69, 9.17) is 39.2 Å². The van der Waals surface area contributed by atoms with Crippen LogP contribution in [-0.4, -0.2) is 41.4 Å². The van der Waals surface area contributed by atoms with Gasteiger partial charge in [-0.1, -0.05) is 39.9 Å². The van der Waals surface area contributed by atoms with Gasteiger partial charge in [0.05, 0.1) is 4.34 Å². The summed E-state index contributed by atoms with van der Waals surface area (Å²) in [7, 11) is -3.84. The van der Waals surface area contributed by atoms with Crippen molar-refractivity contribution in [3.8, 4) is 11.5 Å². The summed E-state index contributed by atoms with van der Waals surface area (Å²) in [6.07, 6.45) is 0.918. The Morgan fingerprint density at radius 2 is 1.90 bits per heavy atom. The van der Waals surface area contributed by atoms with Crippen LogP contribution in [0.4, 0.5) is 6.01 Å². The van der Waals surface area contributed by atoms with Crippen molar-refractivity contribution in [1.82, 2.24) is 14.5 Å². The van der Waals surface area contributed by atoms with Crippen LogP contribution in [0.5, 0.6) is 0 Å². The minimum Gasteiger partial charge on any atom is -0.403 e. The van der Waals surface area contributed by atoms with Crippen LogP contribution in [0.3, 0.4) is 0 Å². The van der Waals surface area contributed by atoms with Crippen molar-refractivity contribution in [2.75, 3.05) is 11.9 Å². The molecule has 1 fully saturated rings. The number of aromatic nitrogens is 2. The predicted molar refractivity (Wildman–Crippen MR) is 115 cm³/mol. The van der Waals surface area contributed by atoms with E-state index in [2.05, 4.69) is 15.5 Å². The van der Waals surface area contributed by atoms with Gasteiger partial charge >= 0.3 is 6.01 Å². The summed E-state index contributed by atoms with van der Waals surface area (Å²) in [6.45, 7) is 0.228. The first-order valence-corrected chi connectivity index (χ1v) is 12.0. The summed E-state index contributed by atoms with van der Waals surface area (Å²) >= 11 is 18.8. The quantitative estimate of drug-likeness (QED) is 0.543. The number of carbonyl (C=O) groups excluding carboxylic acids is 1. The van der Waals surface area contributed by atoms with Gasteiger partial charge in [0.15, 0.2) is 0 Å². The Kier molecular flexibility index (Phi) is 6.06. The van der Waals surface area contributed by atoms with E-state index in [9.17, 15) is 13.2 Å². The summed E-state index contributed by atoms with van der Waals surface area (Å²) in [6, 6.07) is 6.61. The van der Waals surface area contributed by atoms with E-state index in [0.717, 1.165) is 11.3 Å². The second kappa shape index (κ2) is 8.45. The molecule has 0 aliphatic carbocycles. The van der Waals surface area contributed by atoms with Gasteiger partial charge < -0.3 is 4.42 Å². The molecule has 3 heterocycles. The molecule has 13 heteroatoms. The SMILES string of the molecule is O=C(Nc1nnc(-c2cc(Cl)cc(Cl)c2)o1)C1CCCN1S(=O)(=O)c1ccc(Cl)s1. The molecule has 0 saturated carbocycles. The molecule has 1 N–H and O–H groups in total. The molecule has 3 aromatic rings. The second-order valence-electron chi connectivity index (χ2n) is 6.39. The zero-order valence-corrected chi connectivity index (χ0v) is 18.9. The number of nitrogens with one attached hydrogen (secondary N) is 1. The zero-order chi connectivity index (χ0) is 21.5. The lowest BCUT2D eigenvalue weighted by molar-refractivity contribution is -0.119. The molecule has 1 aliphatic rings. The maximum atomic E-state index is 12.9. The number of benzene rings is 1. The van der Waals surface area contributed by atoms with Gasteiger partial charge in [0, 0.05) is 22.2 Å². The summed E-state index contributed by atoms with van der Waals surface area (Å²) in [4.78, 5) is 12.8. The van der Waals surface area contributed by atoms with E-state index in [1.165, 1.54) is 16.4 Å². The molecule has 4 rings (SSSR count). The van der Waals surface area contributed by atoms with Gasteiger partial charge in [0.25, 0.3) is 10.0 Å². The summed E-state index contributed by atoms with van der Waals surface area (Å²) < 4.78 is 32.9. The van der Waals surface area contributed by atoms with Crippen molar-refractivity contribution in [3.63, 3.8) is 0 Å². The van der Waals surface area contributed by atoms with Crippen LogP contribution in [0.15, 0.2) is 39.0 Å². The first-order valence-electron chi connectivity index (χ1n) is 8.62. The summed E-state index contributed by atoms with van der Waals surface area (Å²) in [5.74, 6) is -0.447. The maximum Gasteiger partial charge on any atom is 0.322 e. The third-order valence-corrected chi connectivity index (χ3v) is 8.43. The van der Waals surface area contributed by atoms with Crippen LogP contribution in [0.25, 0.3) is 11.5 Å². The largest absolute Gasteiger partial charge is 0.403 e. The second-order valence-corrected chi connectivity index (χ2v) is 11.1. The highest BCUT2D eigenvalue weighted by molar-refractivity contribution is 7.91. The number of sulfonamides is 1. The molecule has 1 aliphatic heterocycles. The molecular formula is C17H13Cl3N4O4S2. The van der Waals surface area contributed by atoms with Crippen LogP contribution in [0, 0.1) is 0 Å². The Hall–Kier alpha value is -1.69. The molecule has 30 heavy (non-hydrogen) atoms. The summed E-state index contributed by atoms with van der Waals surface area (Å²) in [5.41, 5.74) is 0.486. The lowest BCUT2D eigenvalue weighted by Crippen LogP contribution is -2.42. The standard InChI is InChI=1S/C17H13Cl3N4O4S2/c18-10-6-9(7-11(19)8-10)16-22-23-17(28-16)21-15(25)12-2-1-5-24(12)30(26,27)14-4-3-13(20)29-14/h3-4,6-8,12H,1-2,5H2,(H,21,23,25). The summed E-state index contributed by atoms with van der Waals surface area (Å²) in [5, 5.41) is 10.9. The van der Waals surface area contributed by atoms with E-state index >= 15 is 0 Å². The van der Waals surface area contributed by atoms with Crippen LogP contribution in [-0.2, 0) is 14.8 Å². The highest BCUT2D eigenvalue weighted by Crippen LogP contribution is 2.33. The molecule has 1 aromatic carbocycles. The Bertz CT molecular complexity index is 1190. The topological polar surface area (TPSA) is 105 Å². The first kappa shape index (κ1) is 21.5. The van der Waals surface area contributed by atoms with Gasteiger partial charge in [-0.2, -0.15) is 4.31 Å². The van der Waals surface area contributed by atoms with E-state index in [-0.39, 0.29) is 22.7 Å². The number of amides is 1. The molecule has 1 amide bonds. The number of rotatable bonds is 5. The molecular weight excluding hydrogens is 495 g/mol. The molecule has 0 spiro atoms. The Balaban J connectivity index is 1.52. The number of anilines is 1. The lowest BCUT2D eigenvalue weighted by Gasteiger charge is -2.21. The smallest absolute Gasteiger partial charge is 0.322 e. The van der Waals surface area contributed by atoms with Gasteiger partial charge in [-0.05, 0) is 43.2 Å². The first-order chi connectivity index (χ1) is 14.2. The van der Waals surface area contributed by atoms with E-state index < -0.39 is 22.0 Å². The van der Waals surface area contributed by atoms with E-state index in [1.54, 1.807) is 18.2 Å². The number of hydrogen-bond donors (Lipinski definition) is 1. The fraction of sp³-hybridized carbons (Fsp3) is 0.235. The van der Waals surface area contributed by atoms with Crippen molar-refractivity contribution >= 4 is 68.1 Å². The molecule has 158 valence electrons. The third-order valence-electron chi connectivity index (χ3n) is 4.38. The highest BCUT2D eigenvalue weighted by atomic mass is 35.5. The fourth-order valence-electron chi connectivity index (χ4n) is 3.10. The van der Waals surface area contributed by atoms with Gasteiger partial charge in [-0.25, -0.2) is 8.42 Å². The molecule has 0 bridgehead atoms. The van der Waals surface area contributed by atoms with Crippen LogP contribution in [0.2, 0.25) is 14.4 Å². The minimum absolute atomic E-state index is 0.0881. The Labute approximate surface area is 190 Å². The number of thiophene rings is 1. The monoisotopic (exact) mass is 506 g/mol. The van der Waals surface area contributed by atoms with Gasteiger partial charge in [0.1, 0.15) is 10.3 Å². The van der Waals surface area contributed by atoms with Gasteiger partial charge in [-0.3, -0.25) is 10.1 Å². The predicted octanol–water partition coefficient (Wildman–Crippen LogP) is 4.55. The average molecular weight is 508 g/mol. The van der Waals surface area contributed by atoms with Gasteiger partial charge in [0.2, 0.25) is 11.8 Å². The van der Waals surface area contributed by atoms with Crippen molar-refractivity contribution in [2.45, 2.75) is 23.1 Å². The zero-order valence-electron chi connectivity index (χ0n) is 15.0. The molecule has 1 saturated heterocycles. The average Bonchev–Trinajstić information content (AvgIpc) is 3.41. The van der Waals surface area contributed by atoms with E-state index in [0.29, 0.717) is 32.8 Å². The van der Waals surface area contributed by atoms with Crippen molar-refractivity contribution in [2.24, 2.45) is 0 Å². The molecule has 0 radical (unpaired) electrons. The maximum absolute atomic E-state index is 12.9. The number of carbonyl (C=O) groups is 1. The molecule has 2 aromatic heterocycles. The Morgan fingerprint density at radius 3 is 2.57 bits per heavy atom. The Morgan fingerprint density at radius 1 is 1.17 bits per heavy atom.